The first-order chi connectivity index (χ1) is 6.57. The molecular formula is C9H9Cl3O2. The summed E-state index contributed by atoms with van der Waals surface area (Å²) in [5.41, 5.74) is 0.459. The zero-order valence-electron chi connectivity index (χ0n) is 7.38. The van der Waals surface area contributed by atoms with E-state index in [0.717, 1.165) is 0 Å². The molecule has 5 heteroatoms. The average Bonchev–Trinajstić information content (AvgIpc) is 2.17. The highest BCUT2D eigenvalue weighted by Gasteiger charge is 2.20. The van der Waals surface area contributed by atoms with Crippen LogP contribution in [0.5, 0.6) is 5.75 Å². The van der Waals surface area contributed by atoms with Crippen molar-refractivity contribution in [1.29, 1.82) is 0 Å². The van der Waals surface area contributed by atoms with E-state index in [4.69, 9.17) is 39.5 Å². The molecule has 1 N–H and O–H groups in total. The topological polar surface area (TPSA) is 29.5 Å². The molecule has 14 heavy (non-hydrogen) atoms. The zero-order valence-corrected chi connectivity index (χ0v) is 9.64. The highest BCUT2D eigenvalue weighted by atomic mass is 35.5. The van der Waals surface area contributed by atoms with Gasteiger partial charge < -0.3 is 9.84 Å². The number of benzene rings is 1. The van der Waals surface area contributed by atoms with Crippen LogP contribution < -0.4 is 4.74 Å². The number of hydrogen-bond acceptors (Lipinski definition) is 2. The van der Waals surface area contributed by atoms with Gasteiger partial charge in [-0.1, -0.05) is 23.7 Å². The molecule has 1 aromatic rings. The summed E-state index contributed by atoms with van der Waals surface area (Å²) in [6.45, 7) is 0. The molecule has 0 aliphatic rings. The van der Waals surface area contributed by atoms with Crippen LogP contribution in [0, 0.1) is 0 Å². The lowest BCUT2D eigenvalue weighted by molar-refractivity contribution is 0.192. The molecule has 0 radical (unpaired) electrons. The first-order valence-electron chi connectivity index (χ1n) is 3.86. The quantitative estimate of drug-likeness (QED) is 0.841. The van der Waals surface area contributed by atoms with Crippen molar-refractivity contribution in [1.82, 2.24) is 0 Å². The van der Waals surface area contributed by atoms with Crippen LogP contribution in [0.25, 0.3) is 0 Å². The zero-order chi connectivity index (χ0) is 10.7. The third-order valence-electron chi connectivity index (χ3n) is 1.77. The Hall–Kier alpha value is -0.150. The van der Waals surface area contributed by atoms with E-state index < -0.39 is 10.9 Å². The summed E-state index contributed by atoms with van der Waals surface area (Å²) in [5.74, 6) is 0.484. The summed E-state index contributed by atoms with van der Waals surface area (Å²) < 4.78 is 4.99. The molecule has 0 fully saturated rings. The molecule has 0 bridgehead atoms. The van der Waals surface area contributed by atoms with Crippen LogP contribution in [0.1, 0.15) is 11.7 Å². The van der Waals surface area contributed by atoms with Crippen molar-refractivity contribution >= 4 is 34.8 Å². The molecule has 1 aromatic carbocycles. The van der Waals surface area contributed by atoms with Crippen LogP contribution in [0.15, 0.2) is 18.2 Å². The highest BCUT2D eigenvalue weighted by Crippen LogP contribution is 2.35. The number of alkyl halides is 2. The monoisotopic (exact) mass is 254 g/mol. The van der Waals surface area contributed by atoms with Crippen LogP contribution in [-0.4, -0.2) is 17.1 Å². The van der Waals surface area contributed by atoms with Gasteiger partial charge in [-0.2, -0.15) is 0 Å². The first kappa shape index (κ1) is 11.9. The first-order valence-corrected chi connectivity index (χ1v) is 5.11. The van der Waals surface area contributed by atoms with Gasteiger partial charge >= 0.3 is 0 Å². The number of hydrogen-bond donors (Lipinski definition) is 1. The minimum absolute atomic E-state index is 0.328. The maximum Gasteiger partial charge on any atom is 0.137 e. The summed E-state index contributed by atoms with van der Waals surface area (Å²) in [4.78, 5) is -0.917. The molecule has 0 heterocycles. The summed E-state index contributed by atoms with van der Waals surface area (Å²) in [7, 11) is 1.50. The Labute approximate surface area is 97.3 Å². The van der Waals surface area contributed by atoms with E-state index >= 15 is 0 Å². The van der Waals surface area contributed by atoms with Gasteiger partial charge in [0.25, 0.3) is 0 Å². The fourth-order valence-corrected chi connectivity index (χ4v) is 1.64. The Morgan fingerprint density at radius 2 is 2.00 bits per heavy atom. The molecule has 0 spiro atoms. The Morgan fingerprint density at radius 1 is 1.36 bits per heavy atom. The molecule has 1 unspecified atom stereocenters. The van der Waals surface area contributed by atoms with Crippen LogP contribution in [-0.2, 0) is 0 Å². The third kappa shape index (κ3) is 2.45. The molecule has 0 aliphatic carbocycles. The lowest BCUT2D eigenvalue weighted by Gasteiger charge is -2.14. The van der Waals surface area contributed by atoms with Gasteiger partial charge in [0.1, 0.15) is 16.7 Å². The van der Waals surface area contributed by atoms with Gasteiger partial charge in [0.05, 0.1) is 12.1 Å². The molecular weight excluding hydrogens is 246 g/mol. The van der Waals surface area contributed by atoms with Gasteiger partial charge in [0, 0.05) is 5.56 Å². The highest BCUT2D eigenvalue weighted by molar-refractivity contribution is 6.44. The number of methoxy groups -OCH3 is 1. The molecule has 78 valence electrons. The largest absolute Gasteiger partial charge is 0.495 e. The summed E-state index contributed by atoms with van der Waals surface area (Å²) in [5, 5.41) is 9.92. The van der Waals surface area contributed by atoms with Crippen molar-refractivity contribution in [3.63, 3.8) is 0 Å². The Morgan fingerprint density at radius 3 is 2.50 bits per heavy atom. The van der Waals surface area contributed by atoms with E-state index in [1.165, 1.54) is 7.11 Å². The number of ether oxygens (including phenoxy) is 1. The third-order valence-corrected chi connectivity index (χ3v) is 2.65. The van der Waals surface area contributed by atoms with Gasteiger partial charge in [-0.05, 0) is 6.07 Å². The smallest absolute Gasteiger partial charge is 0.137 e. The second-order valence-corrected chi connectivity index (χ2v) is 4.18. The van der Waals surface area contributed by atoms with Crippen LogP contribution in [0.4, 0.5) is 0 Å². The fourth-order valence-electron chi connectivity index (χ4n) is 1.05. The number of aliphatic hydroxyl groups excluding tert-OH is 1. The lowest BCUT2D eigenvalue weighted by Crippen LogP contribution is -2.06. The van der Waals surface area contributed by atoms with Gasteiger partial charge in [-0.15, -0.1) is 23.2 Å². The number of aliphatic hydroxyl groups is 1. The Kier molecular flexibility index (Phi) is 4.32. The van der Waals surface area contributed by atoms with Crippen molar-refractivity contribution in [3.05, 3.63) is 28.8 Å². The van der Waals surface area contributed by atoms with E-state index in [0.29, 0.717) is 16.3 Å². The summed E-state index contributed by atoms with van der Waals surface area (Å²) in [6, 6.07) is 5.04. The van der Waals surface area contributed by atoms with E-state index in [1.54, 1.807) is 18.2 Å². The molecule has 1 atom stereocenters. The van der Waals surface area contributed by atoms with Crippen molar-refractivity contribution in [3.8, 4) is 5.75 Å². The average molecular weight is 256 g/mol. The second kappa shape index (κ2) is 5.08. The normalized spacial score (nSPS) is 13.0. The Bertz CT molecular complexity index is 315. The van der Waals surface area contributed by atoms with E-state index in [2.05, 4.69) is 0 Å². The summed E-state index contributed by atoms with van der Waals surface area (Å²) in [6.07, 6.45) is -1.01. The fraction of sp³-hybridized carbons (Fsp3) is 0.333. The van der Waals surface area contributed by atoms with Gasteiger partial charge in [0.2, 0.25) is 0 Å². The van der Waals surface area contributed by atoms with Gasteiger partial charge in [-0.3, -0.25) is 0 Å². The van der Waals surface area contributed by atoms with Crippen molar-refractivity contribution < 1.29 is 9.84 Å². The molecule has 0 saturated carbocycles. The number of halogens is 3. The molecule has 0 amide bonds. The SMILES string of the molecule is COc1cccc(C(O)C(Cl)Cl)c1Cl. The van der Waals surface area contributed by atoms with E-state index in [1.807, 2.05) is 0 Å². The standard InChI is InChI=1S/C9H9Cl3O2/c1-14-6-4-2-3-5(7(6)10)8(13)9(11)12/h2-4,8-9,13H,1H3. The molecule has 0 aliphatic heterocycles. The van der Waals surface area contributed by atoms with Gasteiger partial charge in [0.15, 0.2) is 0 Å². The minimum atomic E-state index is -1.01. The Balaban J connectivity index is 3.09. The summed E-state index contributed by atoms with van der Waals surface area (Å²) >= 11 is 17.0. The van der Waals surface area contributed by atoms with Crippen LogP contribution in [0.3, 0.4) is 0 Å². The maximum atomic E-state index is 9.59. The maximum absolute atomic E-state index is 9.59. The van der Waals surface area contributed by atoms with Crippen molar-refractivity contribution in [2.24, 2.45) is 0 Å². The van der Waals surface area contributed by atoms with Crippen LogP contribution in [0.2, 0.25) is 5.02 Å². The van der Waals surface area contributed by atoms with E-state index in [9.17, 15) is 5.11 Å². The van der Waals surface area contributed by atoms with E-state index in [-0.39, 0.29) is 0 Å². The lowest BCUT2D eigenvalue weighted by atomic mass is 10.1. The molecule has 1 rings (SSSR count). The molecule has 0 aromatic heterocycles. The van der Waals surface area contributed by atoms with Crippen LogP contribution >= 0.6 is 34.8 Å². The predicted octanol–water partition coefficient (Wildman–Crippen LogP) is 3.19. The molecule has 2 nitrogen and oxygen atoms in total. The van der Waals surface area contributed by atoms with Crippen molar-refractivity contribution in [2.75, 3.05) is 7.11 Å². The minimum Gasteiger partial charge on any atom is -0.495 e. The number of rotatable bonds is 3. The van der Waals surface area contributed by atoms with Crippen molar-refractivity contribution in [2.45, 2.75) is 10.9 Å². The second-order valence-electron chi connectivity index (χ2n) is 2.64. The predicted molar refractivity (Wildman–Crippen MR) is 58.5 cm³/mol. The van der Waals surface area contributed by atoms with Gasteiger partial charge in [-0.25, -0.2) is 0 Å². The molecule has 0 saturated heterocycles.